The van der Waals surface area contributed by atoms with E-state index in [-0.39, 0.29) is 18.1 Å². The Kier molecular flexibility index (Phi) is 6.37. The zero-order chi connectivity index (χ0) is 18.6. The van der Waals surface area contributed by atoms with E-state index in [1.807, 2.05) is 4.90 Å². The Bertz CT molecular complexity index is 593. The number of methoxy groups -OCH3 is 1. The lowest BCUT2D eigenvalue weighted by molar-refractivity contribution is -0.138. The molecule has 2 aliphatic heterocycles. The summed E-state index contributed by atoms with van der Waals surface area (Å²) in [5.41, 5.74) is 0.168. The summed E-state index contributed by atoms with van der Waals surface area (Å²) in [6.45, 7) is 8.06. The highest BCUT2D eigenvalue weighted by Crippen LogP contribution is 2.32. The summed E-state index contributed by atoms with van der Waals surface area (Å²) in [5.74, 6) is 2.27. The summed E-state index contributed by atoms with van der Waals surface area (Å²) in [6.07, 6.45) is 4.17. The van der Waals surface area contributed by atoms with Crippen molar-refractivity contribution in [3.05, 3.63) is 23.7 Å². The van der Waals surface area contributed by atoms with Gasteiger partial charge in [-0.05, 0) is 38.4 Å². The van der Waals surface area contributed by atoms with Crippen LogP contribution in [0.25, 0.3) is 0 Å². The minimum atomic E-state index is 0.108. The summed E-state index contributed by atoms with van der Waals surface area (Å²) in [5, 5.41) is 0. The van der Waals surface area contributed by atoms with Crippen LogP contribution >= 0.6 is 0 Å². The molecule has 0 aromatic carbocycles. The molecule has 146 valence electrons. The van der Waals surface area contributed by atoms with Crippen LogP contribution in [0, 0.1) is 0 Å². The summed E-state index contributed by atoms with van der Waals surface area (Å²) in [7, 11) is 3.81. The number of piperidine rings is 1. The molecule has 0 aliphatic carbocycles. The number of amides is 1. The quantitative estimate of drug-likeness (QED) is 0.774. The summed E-state index contributed by atoms with van der Waals surface area (Å²) >= 11 is 0. The Morgan fingerprint density at radius 1 is 1.19 bits per heavy atom. The first-order valence-electron chi connectivity index (χ1n) is 9.84. The zero-order valence-corrected chi connectivity index (χ0v) is 16.5. The first-order chi connectivity index (χ1) is 12.6. The Labute approximate surface area is 157 Å². The number of hydrogen-bond acceptors (Lipinski definition) is 5. The summed E-state index contributed by atoms with van der Waals surface area (Å²) < 4.78 is 11.0. The van der Waals surface area contributed by atoms with Crippen LogP contribution in [0.1, 0.15) is 37.7 Å². The van der Waals surface area contributed by atoms with E-state index in [4.69, 9.17) is 9.15 Å². The van der Waals surface area contributed by atoms with Gasteiger partial charge in [0.1, 0.15) is 18.1 Å². The van der Waals surface area contributed by atoms with Crippen molar-refractivity contribution in [2.45, 2.75) is 44.7 Å². The van der Waals surface area contributed by atoms with E-state index < -0.39 is 0 Å². The zero-order valence-electron chi connectivity index (χ0n) is 16.5. The maximum Gasteiger partial charge on any atom is 0.248 e. The SMILES string of the molecule is CCCc1ccc(CN2CCN(C)C3(CCN(C(=O)COC)CC3)C2)o1. The van der Waals surface area contributed by atoms with Gasteiger partial charge in [-0.15, -0.1) is 0 Å². The van der Waals surface area contributed by atoms with Crippen LogP contribution in [0.5, 0.6) is 0 Å². The number of carbonyl (C=O) groups excluding carboxylic acids is 1. The van der Waals surface area contributed by atoms with Gasteiger partial charge in [-0.25, -0.2) is 0 Å². The summed E-state index contributed by atoms with van der Waals surface area (Å²) in [6, 6.07) is 4.24. The standard InChI is InChI=1S/C20H33N3O3/c1-4-5-17-6-7-18(26-17)14-22-13-12-21(2)20(16-22)8-10-23(11-9-20)19(24)15-25-3/h6-7H,4-5,8-16H2,1-3H3. The number of piperazine rings is 1. The highest BCUT2D eigenvalue weighted by atomic mass is 16.5. The Morgan fingerprint density at radius 3 is 2.62 bits per heavy atom. The maximum absolute atomic E-state index is 12.1. The molecule has 3 heterocycles. The Morgan fingerprint density at radius 2 is 1.92 bits per heavy atom. The normalized spacial score (nSPS) is 21.4. The molecule has 2 saturated heterocycles. The molecule has 1 aromatic rings. The van der Waals surface area contributed by atoms with Gasteiger partial charge < -0.3 is 14.1 Å². The third kappa shape index (κ3) is 4.30. The number of nitrogens with zero attached hydrogens (tertiary/aromatic N) is 3. The molecule has 2 aliphatic rings. The van der Waals surface area contributed by atoms with Crippen molar-refractivity contribution in [2.24, 2.45) is 0 Å². The van der Waals surface area contributed by atoms with E-state index >= 15 is 0 Å². The number of aryl methyl sites for hydroxylation is 1. The molecule has 2 fully saturated rings. The van der Waals surface area contributed by atoms with Crippen LogP contribution in [0.4, 0.5) is 0 Å². The monoisotopic (exact) mass is 363 g/mol. The van der Waals surface area contributed by atoms with Gasteiger partial charge in [0.15, 0.2) is 0 Å². The third-order valence-corrected chi connectivity index (χ3v) is 5.99. The number of ether oxygens (including phenoxy) is 1. The second-order valence-electron chi connectivity index (χ2n) is 7.79. The van der Waals surface area contributed by atoms with Gasteiger partial charge in [-0.3, -0.25) is 14.6 Å². The van der Waals surface area contributed by atoms with Crippen molar-refractivity contribution in [3.63, 3.8) is 0 Å². The number of furan rings is 1. The molecule has 1 amide bonds. The number of likely N-dealkylation sites (tertiary alicyclic amines) is 1. The largest absolute Gasteiger partial charge is 0.465 e. The predicted molar refractivity (Wildman–Crippen MR) is 101 cm³/mol. The van der Waals surface area contributed by atoms with Crippen molar-refractivity contribution in [1.82, 2.24) is 14.7 Å². The van der Waals surface area contributed by atoms with Gasteiger partial charge >= 0.3 is 0 Å². The second kappa shape index (κ2) is 8.55. The van der Waals surface area contributed by atoms with Gasteiger partial charge in [0, 0.05) is 51.8 Å². The van der Waals surface area contributed by atoms with E-state index in [9.17, 15) is 4.79 Å². The van der Waals surface area contributed by atoms with E-state index in [1.54, 1.807) is 7.11 Å². The first-order valence-corrected chi connectivity index (χ1v) is 9.84. The Hall–Kier alpha value is -1.37. The number of rotatable bonds is 6. The average molecular weight is 364 g/mol. The van der Waals surface area contributed by atoms with E-state index in [0.717, 1.165) is 76.5 Å². The van der Waals surface area contributed by atoms with Crippen LogP contribution in [-0.2, 0) is 22.5 Å². The molecule has 0 N–H and O–H groups in total. The van der Waals surface area contributed by atoms with Gasteiger partial charge in [-0.2, -0.15) is 0 Å². The van der Waals surface area contributed by atoms with Crippen LogP contribution < -0.4 is 0 Å². The topological polar surface area (TPSA) is 49.2 Å². The number of carbonyl (C=O) groups is 1. The van der Waals surface area contributed by atoms with Crippen LogP contribution in [-0.4, -0.2) is 79.6 Å². The molecule has 0 unspecified atom stereocenters. The fraction of sp³-hybridized carbons (Fsp3) is 0.750. The van der Waals surface area contributed by atoms with Crippen molar-refractivity contribution < 1.29 is 13.9 Å². The maximum atomic E-state index is 12.1. The predicted octanol–water partition coefficient (Wildman–Crippen LogP) is 1.99. The third-order valence-electron chi connectivity index (χ3n) is 5.99. The van der Waals surface area contributed by atoms with E-state index in [1.165, 1.54) is 0 Å². The Balaban J connectivity index is 1.58. The molecule has 6 heteroatoms. The molecular formula is C20H33N3O3. The molecule has 3 rings (SSSR count). The summed E-state index contributed by atoms with van der Waals surface area (Å²) in [4.78, 5) is 19.0. The van der Waals surface area contributed by atoms with Crippen molar-refractivity contribution >= 4 is 5.91 Å². The molecule has 1 spiro atoms. The highest BCUT2D eigenvalue weighted by molar-refractivity contribution is 5.77. The van der Waals surface area contributed by atoms with Gasteiger partial charge in [0.2, 0.25) is 5.91 Å². The molecule has 0 atom stereocenters. The van der Waals surface area contributed by atoms with Gasteiger partial charge in [-0.1, -0.05) is 6.92 Å². The lowest BCUT2D eigenvalue weighted by Gasteiger charge is -2.53. The minimum Gasteiger partial charge on any atom is -0.465 e. The molecule has 0 saturated carbocycles. The lowest BCUT2D eigenvalue weighted by Crippen LogP contribution is -2.64. The van der Waals surface area contributed by atoms with Gasteiger partial charge in [0.25, 0.3) is 0 Å². The number of likely N-dealkylation sites (N-methyl/N-ethyl adjacent to an activating group) is 1. The molecule has 26 heavy (non-hydrogen) atoms. The first kappa shape index (κ1) is 19.4. The molecule has 0 radical (unpaired) electrons. The second-order valence-corrected chi connectivity index (χ2v) is 7.79. The van der Waals surface area contributed by atoms with Crippen LogP contribution in [0.2, 0.25) is 0 Å². The lowest BCUT2D eigenvalue weighted by atomic mass is 9.83. The fourth-order valence-corrected chi connectivity index (χ4v) is 4.31. The smallest absolute Gasteiger partial charge is 0.248 e. The fourth-order valence-electron chi connectivity index (χ4n) is 4.31. The highest BCUT2D eigenvalue weighted by Gasteiger charge is 2.42. The minimum absolute atomic E-state index is 0.108. The van der Waals surface area contributed by atoms with Gasteiger partial charge in [0.05, 0.1) is 6.54 Å². The average Bonchev–Trinajstić information content (AvgIpc) is 3.06. The van der Waals surface area contributed by atoms with E-state index in [0.29, 0.717) is 0 Å². The van der Waals surface area contributed by atoms with Crippen molar-refractivity contribution in [1.29, 1.82) is 0 Å². The van der Waals surface area contributed by atoms with Crippen LogP contribution in [0.3, 0.4) is 0 Å². The molecule has 0 bridgehead atoms. The number of hydrogen-bond donors (Lipinski definition) is 0. The van der Waals surface area contributed by atoms with Crippen molar-refractivity contribution in [3.8, 4) is 0 Å². The molecular weight excluding hydrogens is 330 g/mol. The molecule has 1 aromatic heterocycles. The van der Waals surface area contributed by atoms with Crippen LogP contribution in [0.15, 0.2) is 16.5 Å². The molecule has 6 nitrogen and oxygen atoms in total. The van der Waals surface area contributed by atoms with Crippen molar-refractivity contribution in [2.75, 3.05) is 53.5 Å². The van der Waals surface area contributed by atoms with E-state index in [2.05, 4.69) is 35.9 Å².